The molecule has 1 aromatic heterocycles. The van der Waals surface area contributed by atoms with Crippen molar-refractivity contribution in [2.75, 3.05) is 5.32 Å². The quantitative estimate of drug-likeness (QED) is 0.212. The monoisotopic (exact) mass is 470 g/mol. The molecule has 0 radical (unpaired) electrons. The first-order valence-electron chi connectivity index (χ1n) is 10.3. The average molecular weight is 470 g/mol. The van der Waals surface area contributed by atoms with Gasteiger partial charge in [0.15, 0.2) is 0 Å². The van der Waals surface area contributed by atoms with E-state index >= 15 is 0 Å². The van der Waals surface area contributed by atoms with Crippen LogP contribution in [-0.2, 0) is 18.9 Å². The highest BCUT2D eigenvalue weighted by Crippen LogP contribution is 2.39. The maximum absolute atomic E-state index is 13.5. The summed E-state index contributed by atoms with van der Waals surface area (Å²) in [6, 6.07) is 21.2. The standard InChI is InChI=1S/C26H16F6N2/c27-25(28,29)21-11-5-10-19-22(13-23(26(30,31)32)34-24(19)21)33-14-20-17-8-3-1-6-15(17)12-16-7-2-4-9-18(16)20/h1-13H,14H2,(H,33,34). The molecule has 0 fully saturated rings. The van der Waals surface area contributed by atoms with Crippen molar-refractivity contribution in [3.8, 4) is 0 Å². The van der Waals surface area contributed by atoms with E-state index in [0.29, 0.717) is 0 Å². The van der Waals surface area contributed by atoms with Gasteiger partial charge >= 0.3 is 12.4 Å². The first-order valence-corrected chi connectivity index (χ1v) is 10.3. The van der Waals surface area contributed by atoms with E-state index in [-0.39, 0.29) is 17.6 Å². The van der Waals surface area contributed by atoms with Crippen LogP contribution < -0.4 is 5.32 Å². The summed E-state index contributed by atoms with van der Waals surface area (Å²) in [5.41, 5.74) is -2.58. The van der Waals surface area contributed by atoms with E-state index in [1.54, 1.807) is 0 Å². The third-order valence-corrected chi connectivity index (χ3v) is 5.77. The van der Waals surface area contributed by atoms with Gasteiger partial charge in [-0.1, -0.05) is 60.7 Å². The van der Waals surface area contributed by atoms with Crippen LogP contribution in [-0.4, -0.2) is 4.98 Å². The number of alkyl halides is 6. The van der Waals surface area contributed by atoms with Gasteiger partial charge in [0.1, 0.15) is 5.69 Å². The summed E-state index contributed by atoms with van der Waals surface area (Å²) in [5.74, 6) is 0. The number of hydrogen-bond acceptors (Lipinski definition) is 2. The lowest BCUT2D eigenvalue weighted by Gasteiger charge is -2.18. The van der Waals surface area contributed by atoms with Crippen molar-refractivity contribution < 1.29 is 26.3 Å². The summed E-state index contributed by atoms with van der Waals surface area (Å²) < 4.78 is 81.2. The molecular formula is C26H16F6N2. The van der Waals surface area contributed by atoms with Crippen LogP contribution in [0.1, 0.15) is 16.8 Å². The molecule has 0 saturated heterocycles. The predicted octanol–water partition coefficient (Wildman–Crippen LogP) is 8.19. The summed E-state index contributed by atoms with van der Waals surface area (Å²) >= 11 is 0. The Morgan fingerprint density at radius 1 is 0.647 bits per heavy atom. The average Bonchev–Trinajstić information content (AvgIpc) is 2.79. The Labute approximate surface area is 189 Å². The van der Waals surface area contributed by atoms with Crippen LogP contribution in [0.25, 0.3) is 32.4 Å². The fraction of sp³-hybridized carbons (Fsp3) is 0.115. The summed E-state index contributed by atoms with van der Waals surface area (Å²) in [6.07, 6.45) is -9.75. The first kappa shape index (κ1) is 22.0. The molecule has 8 heteroatoms. The Morgan fingerprint density at radius 2 is 1.24 bits per heavy atom. The summed E-state index contributed by atoms with van der Waals surface area (Å²) in [4.78, 5) is 3.34. The van der Waals surface area contributed by atoms with Crippen LogP contribution in [0.2, 0.25) is 0 Å². The maximum Gasteiger partial charge on any atom is 0.433 e. The van der Waals surface area contributed by atoms with E-state index < -0.39 is 29.1 Å². The SMILES string of the molecule is FC(F)(F)c1cc(NCc2c3ccccc3cc3ccccc23)c2cccc(C(F)(F)F)c2n1. The molecule has 5 aromatic rings. The van der Waals surface area contributed by atoms with Crippen molar-refractivity contribution in [1.29, 1.82) is 0 Å². The van der Waals surface area contributed by atoms with Gasteiger partial charge in [-0.3, -0.25) is 0 Å². The van der Waals surface area contributed by atoms with Crippen molar-refractivity contribution in [1.82, 2.24) is 4.98 Å². The highest BCUT2D eigenvalue weighted by Gasteiger charge is 2.37. The molecular weight excluding hydrogens is 454 g/mol. The second-order valence-electron chi connectivity index (χ2n) is 7.90. The Bertz CT molecular complexity index is 1480. The molecule has 0 aliphatic carbocycles. The lowest BCUT2D eigenvalue weighted by atomic mass is 9.96. The number of anilines is 1. The molecule has 0 bridgehead atoms. The molecule has 0 aliphatic heterocycles. The molecule has 2 nitrogen and oxygen atoms in total. The Balaban J connectivity index is 1.69. The molecule has 1 heterocycles. The number of nitrogens with zero attached hydrogens (tertiary/aromatic N) is 1. The van der Waals surface area contributed by atoms with Crippen LogP contribution in [0.3, 0.4) is 0 Å². The number of pyridine rings is 1. The Hall–Kier alpha value is -3.81. The number of aromatic nitrogens is 1. The predicted molar refractivity (Wildman–Crippen MR) is 121 cm³/mol. The zero-order chi connectivity index (χ0) is 24.1. The minimum absolute atomic E-state index is 0.0348. The Morgan fingerprint density at radius 3 is 1.82 bits per heavy atom. The summed E-state index contributed by atoms with van der Waals surface area (Å²) in [5, 5.41) is 6.64. The number of nitrogens with one attached hydrogen (secondary N) is 1. The highest BCUT2D eigenvalue weighted by molar-refractivity contribution is 6.02. The van der Waals surface area contributed by atoms with E-state index in [1.165, 1.54) is 12.1 Å². The van der Waals surface area contributed by atoms with Crippen LogP contribution in [0, 0.1) is 0 Å². The number of rotatable bonds is 3. The zero-order valence-electron chi connectivity index (χ0n) is 17.4. The van der Waals surface area contributed by atoms with Crippen molar-refractivity contribution >= 4 is 38.1 Å². The minimum atomic E-state index is -4.91. The maximum atomic E-state index is 13.5. The molecule has 0 saturated carbocycles. The lowest BCUT2D eigenvalue weighted by molar-refractivity contribution is -0.142. The Kier molecular flexibility index (Phi) is 5.11. The van der Waals surface area contributed by atoms with Gasteiger partial charge in [-0.25, -0.2) is 4.98 Å². The minimum Gasteiger partial charge on any atom is -0.380 e. The molecule has 0 amide bonds. The molecule has 4 aromatic carbocycles. The number of fused-ring (bicyclic) bond motifs is 3. The second kappa shape index (κ2) is 7.90. The third-order valence-electron chi connectivity index (χ3n) is 5.77. The summed E-state index contributed by atoms with van der Waals surface area (Å²) in [6.45, 7) is 0.106. The van der Waals surface area contributed by atoms with Crippen LogP contribution in [0.5, 0.6) is 0 Å². The number of hydrogen-bond donors (Lipinski definition) is 1. The molecule has 0 atom stereocenters. The van der Waals surface area contributed by atoms with Gasteiger partial charge in [0.05, 0.1) is 11.1 Å². The van der Waals surface area contributed by atoms with Crippen molar-refractivity contribution in [3.05, 3.63) is 95.7 Å². The molecule has 0 unspecified atom stereocenters. The van der Waals surface area contributed by atoms with E-state index in [4.69, 9.17) is 0 Å². The molecule has 34 heavy (non-hydrogen) atoms. The van der Waals surface area contributed by atoms with Crippen LogP contribution in [0.4, 0.5) is 32.0 Å². The normalized spacial score (nSPS) is 12.5. The number of para-hydroxylation sites is 1. The second-order valence-corrected chi connectivity index (χ2v) is 7.90. The molecule has 172 valence electrons. The van der Waals surface area contributed by atoms with Gasteiger partial charge in [-0.05, 0) is 45.3 Å². The number of halogens is 6. The molecule has 0 aliphatic rings. The highest BCUT2D eigenvalue weighted by atomic mass is 19.4. The zero-order valence-corrected chi connectivity index (χ0v) is 17.4. The summed E-state index contributed by atoms with van der Waals surface area (Å²) in [7, 11) is 0. The third kappa shape index (κ3) is 3.89. The lowest BCUT2D eigenvalue weighted by Crippen LogP contribution is -2.13. The molecule has 0 spiro atoms. The molecule has 1 N–H and O–H groups in total. The van der Waals surface area contributed by atoms with Crippen LogP contribution in [0.15, 0.2) is 78.9 Å². The molecule has 5 rings (SSSR count). The van der Waals surface area contributed by atoms with Gasteiger partial charge in [0.25, 0.3) is 0 Å². The van der Waals surface area contributed by atoms with Crippen molar-refractivity contribution in [2.45, 2.75) is 18.9 Å². The van der Waals surface area contributed by atoms with Gasteiger partial charge in [-0.15, -0.1) is 0 Å². The van der Waals surface area contributed by atoms with Gasteiger partial charge in [0, 0.05) is 17.6 Å². The van der Waals surface area contributed by atoms with Crippen LogP contribution >= 0.6 is 0 Å². The van der Waals surface area contributed by atoms with Gasteiger partial charge < -0.3 is 5.32 Å². The smallest absolute Gasteiger partial charge is 0.380 e. The fourth-order valence-corrected chi connectivity index (χ4v) is 4.25. The topological polar surface area (TPSA) is 24.9 Å². The van der Waals surface area contributed by atoms with Gasteiger partial charge in [-0.2, -0.15) is 26.3 Å². The van der Waals surface area contributed by atoms with E-state index in [9.17, 15) is 26.3 Å². The number of benzene rings is 4. The van der Waals surface area contributed by atoms with Crippen molar-refractivity contribution in [2.24, 2.45) is 0 Å². The largest absolute Gasteiger partial charge is 0.433 e. The van der Waals surface area contributed by atoms with E-state index in [0.717, 1.165) is 39.2 Å². The van der Waals surface area contributed by atoms with E-state index in [2.05, 4.69) is 10.3 Å². The fourth-order valence-electron chi connectivity index (χ4n) is 4.25. The van der Waals surface area contributed by atoms with Crippen molar-refractivity contribution in [3.63, 3.8) is 0 Å². The van der Waals surface area contributed by atoms with Gasteiger partial charge in [0.2, 0.25) is 0 Å². The van der Waals surface area contributed by atoms with E-state index in [1.807, 2.05) is 54.6 Å². The first-order chi connectivity index (χ1) is 16.1.